The van der Waals surface area contributed by atoms with Crippen molar-refractivity contribution in [2.24, 2.45) is 0 Å². The number of H-pyrrole nitrogens is 1. The molecule has 9 heteroatoms. The molecule has 0 atom stereocenters. The number of fused-ring (bicyclic) bond motifs is 2. The van der Waals surface area contributed by atoms with Gasteiger partial charge in [-0.1, -0.05) is 36.4 Å². The second-order valence-corrected chi connectivity index (χ2v) is 10.9. The molecule has 233 valence electrons. The third kappa shape index (κ3) is 8.07. The summed E-state index contributed by atoms with van der Waals surface area (Å²) in [5.74, 6) is 1.39. The Morgan fingerprint density at radius 2 is 0.915 bits per heavy atom. The predicted octanol–water partition coefficient (Wildman–Crippen LogP) is 8.25. The van der Waals surface area contributed by atoms with Crippen molar-refractivity contribution in [1.29, 1.82) is 0 Å². The van der Waals surface area contributed by atoms with Gasteiger partial charge in [-0.25, -0.2) is 4.98 Å². The van der Waals surface area contributed by atoms with Crippen LogP contribution < -0.4 is 4.98 Å². The van der Waals surface area contributed by atoms with Crippen molar-refractivity contribution in [3.05, 3.63) is 144 Å². The Kier molecular flexibility index (Phi) is 10.7. The molecule has 0 aliphatic carbocycles. The molecule has 0 aliphatic rings. The van der Waals surface area contributed by atoms with Crippen LogP contribution in [0.1, 0.15) is 22.3 Å². The number of nitrogens with one attached hydrogen (secondary N) is 1. The van der Waals surface area contributed by atoms with Crippen molar-refractivity contribution in [3.63, 3.8) is 0 Å². The van der Waals surface area contributed by atoms with E-state index in [1.807, 2.05) is 72.8 Å². The number of pyridine rings is 4. The molecular formula is C38H33N8Ru. The molecule has 1 N–H and O–H groups in total. The molecule has 0 bridgehead atoms. The molecule has 8 rings (SSSR count). The Bertz CT molecular complexity index is 1870. The Hall–Kier alpha value is -5.40. The van der Waals surface area contributed by atoms with Crippen LogP contribution in [-0.2, 0) is 19.5 Å². The molecule has 6 aromatic heterocycles. The molecule has 6 heterocycles. The molecule has 0 fully saturated rings. The van der Waals surface area contributed by atoms with Gasteiger partial charge in [0, 0.05) is 24.8 Å². The summed E-state index contributed by atoms with van der Waals surface area (Å²) >= 11 is 0. The molecule has 0 spiro atoms. The molecule has 0 saturated carbocycles. The van der Waals surface area contributed by atoms with Gasteiger partial charge in [-0.15, -0.1) is 0 Å². The summed E-state index contributed by atoms with van der Waals surface area (Å²) in [6.45, 7) is 8.39. The van der Waals surface area contributed by atoms with E-state index < -0.39 is 0 Å². The van der Waals surface area contributed by atoms with E-state index in [9.17, 15) is 0 Å². The number of rotatable bonds is 3. The number of benzene rings is 2. The zero-order chi connectivity index (χ0) is 31.9. The molecule has 0 aliphatic heterocycles. The normalized spacial score (nSPS) is 10.4. The maximum absolute atomic E-state index is 4.64. The molecule has 0 unspecified atom stereocenters. The Labute approximate surface area is 286 Å². The first-order valence-electron chi connectivity index (χ1n) is 15.0. The van der Waals surface area contributed by atoms with Crippen LogP contribution in [0, 0.1) is 27.7 Å². The second kappa shape index (κ2) is 15.3. The Morgan fingerprint density at radius 3 is 1.36 bits per heavy atom. The van der Waals surface area contributed by atoms with Crippen molar-refractivity contribution < 1.29 is 19.5 Å². The van der Waals surface area contributed by atoms with Crippen molar-refractivity contribution in [1.82, 2.24) is 39.9 Å². The SMILES string of the molecule is Cc1cc2nc(-c3nc4cc(C)c(C)cc4[nH]3)[n-]c2cc1C.[Ru+].c1ccc(-c2ccccn2)nc1.c1ccc(-c2ccccn2)nc1. The average molecular weight is 703 g/mol. The number of hydrogen-bond donors (Lipinski definition) is 1. The van der Waals surface area contributed by atoms with Gasteiger partial charge in [0.05, 0.1) is 33.8 Å². The number of aromatic nitrogens is 8. The largest absolute Gasteiger partial charge is 1.00 e. The zero-order valence-corrected chi connectivity index (χ0v) is 28.3. The van der Waals surface area contributed by atoms with Crippen LogP contribution in [0.3, 0.4) is 0 Å². The first kappa shape index (κ1) is 33.0. The summed E-state index contributed by atoms with van der Waals surface area (Å²) in [6, 6.07) is 31.6. The summed E-state index contributed by atoms with van der Waals surface area (Å²) < 4.78 is 0. The first-order chi connectivity index (χ1) is 22.4. The van der Waals surface area contributed by atoms with Gasteiger partial charge in [0.1, 0.15) is 5.82 Å². The van der Waals surface area contributed by atoms with E-state index in [0.717, 1.165) is 50.7 Å². The molecular weight excluding hydrogens is 670 g/mol. The first-order valence-corrected chi connectivity index (χ1v) is 15.0. The van der Waals surface area contributed by atoms with Crippen molar-refractivity contribution in [2.45, 2.75) is 27.7 Å². The smallest absolute Gasteiger partial charge is 0.433 e. The summed E-state index contributed by atoms with van der Waals surface area (Å²) in [5.41, 5.74) is 12.4. The van der Waals surface area contributed by atoms with Gasteiger partial charge in [-0.2, -0.15) is 0 Å². The van der Waals surface area contributed by atoms with Crippen LogP contribution >= 0.6 is 0 Å². The van der Waals surface area contributed by atoms with Crippen molar-refractivity contribution in [2.75, 3.05) is 0 Å². The standard InChI is InChI=1S/C18H17N4.2C10H8N2.Ru/c1-9-5-13-14(6-10(9)2)20-17(19-13)18-21-15-7-11(3)12(4)8-16(15)22-18;2*1-3-7-11-9(5-1)10-6-2-4-8-12-10;/h5-8H,1-4H3,(H-,19,20,21,22);2*1-8H;/q-1;;;+1. The number of aryl methyl sites for hydroxylation is 4. The quantitative estimate of drug-likeness (QED) is 0.185. The van der Waals surface area contributed by atoms with Crippen LogP contribution in [0.2, 0.25) is 0 Å². The van der Waals surface area contributed by atoms with Crippen molar-refractivity contribution in [3.8, 4) is 34.4 Å². The topological polar surface area (TPSA) is 107 Å². The van der Waals surface area contributed by atoms with Crippen LogP contribution in [0.25, 0.3) is 56.5 Å². The monoisotopic (exact) mass is 703 g/mol. The predicted molar refractivity (Wildman–Crippen MR) is 184 cm³/mol. The van der Waals surface area contributed by atoms with E-state index in [4.69, 9.17) is 0 Å². The van der Waals surface area contributed by atoms with Crippen LogP contribution in [-0.4, -0.2) is 34.9 Å². The van der Waals surface area contributed by atoms with E-state index in [-0.39, 0.29) is 19.5 Å². The maximum atomic E-state index is 4.64. The summed E-state index contributed by atoms with van der Waals surface area (Å²) in [7, 11) is 0. The molecule has 8 aromatic rings. The van der Waals surface area contributed by atoms with Crippen LogP contribution in [0.4, 0.5) is 0 Å². The van der Waals surface area contributed by atoms with Gasteiger partial charge < -0.3 is 15.0 Å². The van der Waals surface area contributed by atoms with E-state index in [2.05, 4.69) is 91.8 Å². The van der Waals surface area contributed by atoms with Gasteiger partial charge in [0.25, 0.3) is 0 Å². The molecule has 1 radical (unpaired) electrons. The average Bonchev–Trinajstić information content (AvgIpc) is 3.71. The fraction of sp³-hybridized carbons (Fsp3) is 0.105. The van der Waals surface area contributed by atoms with Gasteiger partial charge >= 0.3 is 19.5 Å². The third-order valence-corrected chi connectivity index (χ3v) is 7.54. The van der Waals surface area contributed by atoms with Crippen LogP contribution in [0.5, 0.6) is 0 Å². The van der Waals surface area contributed by atoms with Crippen molar-refractivity contribution >= 4 is 22.1 Å². The molecule has 2 aromatic carbocycles. The number of nitrogens with zero attached hydrogens (tertiary/aromatic N) is 7. The molecule has 47 heavy (non-hydrogen) atoms. The zero-order valence-electron chi connectivity index (χ0n) is 26.5. The fourth-order valence-electron chi connectivity index (χ4n) is 4.76. The van der Waals surface area contributed by atoms with E-state index in [1.165, 1.54) is 22.3 Å². The van der Waals surface area contributed by atoms with Gasteiger partial charge in [0.2, 0.25) is 0 Å². The summed E-state index contributed by atoms with van der Waals surface area (Å²) in [4.78, 5) is 34.0. The van der Waals surface area contributed by atoms with Gasteiger partial charge in [-0.05, 0) is 127 Å². The van der Waals surface area contributed by atoms with E-state index >= 15 is 0 Å². The number of hydrogen-bond acceptors (Lipinski definition) is 6. The number of imidazole rings is 2. The fourth-order valence-corrected chi connectivity index (χ4v) is 4.76. The third-order valence-electron chi connectivity index (χ3n) is 7.54. The minimum absolute atomic E-state index is 0. The Balaban J connectivity index is 0.000000148. The van der Waals surface area contributed by atoms with Gasteiger partial charge in [-0.3, -0.25) is 19.9 Å². The molecule has 8 nitrogen and oxygen atoms in total. The molecule has 0 amide bonds. The molecule has 0 saturated heterocycles. The maximum Gasteiger partial charge on any atom is 1.00 e. The number of aromatic amines is 1. The Morgan fingerprint density at radius 1 is 0.489 bits per heavy atom. The van der Waals surface area contributed by atoms with Gasteiger partial charge in [0.15, 0.2) is 0 Å². The minimum atomic E-state index is 0. The van der Waals surface area contributed by atoms with Crippen LogP contribution in [0.15, 0.2) is 122 Å². The summed E-state index contributed by atoms with van der Waals surface area (Å²) in [6.07, 6.45) is 7.07. The van der Waals surface area contributed by atoms with E-state index in [1.54, 1.807) is 24.8 Å². The summed E-state index contributed by atoms with van der Waals surface area (Å²) in [5, 5.41) is 0. The van der Waals surface area contributed by atoms with E-state index in [0.29, 0.717) is 5.82 Å². The minimum Gasteiger partial charge on any atom is -0.433 e. The second-order valence-electron chi connectivity index (χ2n) is 10.9.